The van der Waals surface area contributed by atoms with Gasteiger partial charge in [0.2, 0.25) is 0 Å². The predicted molar refractivity (Wildman–Crippen MR) is 64.6 cm³/mol. The first kappa shape index (κ1) is 12.2. The second-order valence-corrected chi connectivity index (χ2v) is 4.94. The molecule has 94 valence electrons. The van der Waals surface area contributed by atoms with E-state index in [2.05, 4.69) is 15.6 Å². The molecule has 1 aromatic rings. The van der Waals surface area contributed by atoms with Crippen molar-refractivity contribution >= 4 is 6.29 Å². The molecule has 0 aromatic carbocycles. The van der Waals surface area contributed by atoms with Crippen LogP contribution in [0.25, 0.3) is 0 Å². The molecule has 17 heavy (non-hydrogen) atoms. The minimum Gasteiger partial charge on any atom is -0.320 e. The zero-order chi connectivity index (χ0) is 12.1. The molecule has 0 amide bonds. The van der Waals surface area contributed by atoms with E-state index in [1.165, 1.54) is 0 Å². The maximum atomic E-state index is 11.1. The van der Waals surface area contributed by atoms with E-state index in [0.29, 0.717) is 0 Å². The molecule has 5 heteroatoms. The van der Waals surface area contributed by atoms with Gasteiger partial charge < -0.3 is 10.1 Å². The van der Waals surface area contributed by atoms with E-state index >= 15 is 0 Å². The molecule has 5 nitrogen and oxygen atoms in total. The van der Waals surface area contributed by atoms with Crippen LogP contribution in [0.1, 0.15) is 31.4 Å². The maximum absolute atomic E-state index is 11.1. The van der Waals surface area contributed by atoms with Gasteiger partial charge in [-0.2, -0.15) is 0 Å². The molecular weight excluding hydrogens is 216 g/mol. The Bertz CT molecular complexity index is 370. The molecular formula is C12H20N4O. The van der Waals surface area contributed by atoms with Crippen LogP contribution in [0.5, 0.6) is 0 Å². The Morgan fingerprint density at radius 3 is 3.00 bits per heavy atom. The number of aldehydes is 1. The van der Waals surface area contributed by atoms with Crippen molar-refractivity contribution in [2.45, 2.75) is 38.6 Å². The Kier molecular flexibility index (Phi) is 3.89. The van der Waals surface area contributed by atoms with Crippen LogP contribution in [0.2, 0.25) is 0 Å². The highest BCUT2D eigenvalue weighted by molar-refractivity contribution is 5.61. The summed E-state index contributed by atoms with van der Waals surface area (Å²) in [6.07, 6.45) is 8.04. The number of nitrogens with zero attached hydrogens (tertiary/aromatic N) is 3. The minimum atomic E-state index is -0.133. The van der Waals surface area contributed by atoms with Crippen molar-refractivity contribution in [1.29, 1.82) is 0 Å². The van der Waals surface area contributed by atoms with Crippen molar-refractivity contribution in [3.05, 3.63) is 11.9 Å². The van der Waals surface area contributed by atoms with Crippen LogP contribution < -0.4 is 5.32 Å². The van der Waals surface area contributed by atoms with Gasteiger partial charge in [0.05, 0.1) is 5.69 Å². The first-order valence-electron chi connectivity index (χ1n) is 6.28. The molecule has 1 saturated carbocycles. The van der Waals surface area contributed by atoms with Gasteiger partial charge in [-0.05, 0) is 32.9 Å². The summed E-state index contributed by atoms with van der Waals surface area (Å²) in [6.45, 7) is 1.86. The predicted octanol–water partition coefficient (Wildman–Crippen LogP) is 0.799. The molecule has 0 atom stereocenters. The lowest BCUT2D eigenvalue weighted by Gasteiger charge is -2.35. The standard InChI is InChI=1S/C12H20N4O/c1-13-6-3-7-16-9-11(14-15-16)8-12(10-17)4-2-5-12/h9-10,13H,2-8H2,1H3. The summed E-state index contributed by atoms with van der Waals surface area (Å²) in [5.74, 6) is 0. The monoisotopic (exact) mass is 236 g/mol. The van der Waals surface area contributed by atoms with Gasteiger partial charge in [-0.3, -0.25) is 4.68 Å². The number of hydrogen-bond donors (Lipinski definition) is 1. The van der Waals surface area contributed by atoms with Crippen LogP contribution in [-0.4, -0.2) is 34.9 Å². The van der Waals surface area contributed by atoms with E-state index in [-0.39, 0.29) is 5.41 Å². The molecule has 0 radical (unpaired) electrons. The largest absolute Gasteiger partial charge is 0.320 e. The Morgan fingerprint density at radius 2 is 2.41 bits per heavy atom. The highest BCUT2D eigenvalue weighted by Crippen LogP contribution is 2.41. The summed E-state index contributed by atoms with van der Waals surface area (Å²) in [6, 6.07) is 0. The highest BCUT2D eigenvalue weighted by Gasteiger charge is 2.37. The van der Waals surface area contributed by atoms with Crippen LogP contribution in [0.3, 0.4) is 0 Å². The van der Waals surface area contributed by atoms with Gasteiger partial charge in [0.15, 0.2) is 0 Å². The van der Waals surface area contributed by atoms with Crippen LogP contribution in [0.4, 0.5) is 0 Å². The minimum absolute atomic E-state index is 0.133. The molecule has 0 spiro atoms. The lowest BCUT2D eigenvalue weighted by Crippen LogP contribution is -2.33. The fourth-order valence-corrected chi connectivity index (χ4v) is 2.27. The van der Waals surface area contributed by atoms with Crippen LogP contribution in [0.15, 0.2) is 6.20 Å². The van der Waals surface area contributed by atoms with Crippen molar-refractivity contribution in [3.63, 3.8) is 0 Å². The van der Waals surface area contributed by atoms with Crippen LogP contribution in [-0.2, 0) is 17.8 Å². The molecule has 1 aliphatic carbocycles. The van der Waals surface area contributed by atoms with Gasteiger partial charge in [0.1, 0.15) is 6.29 Å². The summed E-state index contributed by atoms with van der Waals surface area (Å²) >= 11 is 0. The molecule has 2 rings (SSSR count). The van der Waals surface area contributed by atoms with E-state index < -0.39 is 0 Å². The summed E-state index contributed by atoms with van der Waals surface area (Å²) in [5.41, 5.74) is 0.813. The zero-order valence-corrected chi connectivity index (χ0v) is 10.4. The number of rotatable bonds is 7. The van der Waals surface area contributed by atoms with Gasteiger partial charge in [-0.25, -0.2) is 0 Å². The van der Waals surface area contributed by atoms with Crippen molar-refractivity contribution in [1.82, 2.24) is 20.3 Å². The maximum Gasteiger partial charge on any atom is 0.126 e. The summed E-state index contributed by atoms with van der Waals surface area (Å²) < 4.78 is 1.86. The molecule has 0 aliphatic heterocycles. The molecule has 0 bridgehead atoms. The lowest BCUT2D eigenvalue weighted by molar-refractivity contribution is -0.120. The summed E-state index contributed by atoms with van der Waals surface area (Å²) in [4.78, 5) is 11.1. The topological polar surface area (TPSA) is 59.8 Å². The first-order valence-corrected chi connectivity index (χ1v) is 6.28. The number of aryl methyl sites for hydroxylation is 1. The molecule has 1 N–H and O–H groups in total. The smallest absolute Gasteiger partial charge is 0.126 e. The van der Waals surface area contributed by atoms with Gasteiger partial charge in [-0.1, -0.05) is 11.6 Å². The second-order valence-electron chi connectivity index (χ2n) is 4.94. The number of carbonyl (C=O) groups is 1. The third-order valence-corrected chi connectivity index (χ3v) is 3.53. The third kappa shape index (κ3) is 2.91. The fourth-order valence-electron chi connectivity index (χ4n) is 2.27. The number of nitrogens with one attached hydrogen (secondary N) is 1. The van der Waals surface area contributed by atoms with Crippen LogP contribution >= 0.6 is 0 Å². The summed E-state index contributed by atoms with van der Waals surface area (Å²) in [7, 11) is 1.94. The molecule has 1 aromatic heterocycles. The summed E-state index contributed by atoms with van der Waals surface area (Å²) in [5, 5.41) is 11.3. The van der Waals surface area contributed by atoms with Gasteiger partial charge in [-0.15, -0.1) is 5.10 Å². The Morgan fingerprint density at radius 1 is 1.59 bits per heavy atom. The van der Waals surface area contributed by atoms with E-state index in [9.17, 15) is 4.79 Å². The average Bonchev–Trinajstić information content (AvgIpc) is 2.72. The van der Waals surface area contributed by atoms with Gasteiger partial charge in [0.25, 0.3) is 0 Å². The van der Waals surface area contributed by atoms with E-state index in [1.54, 1.807) is 0 Å². The van der Waals surface area contributed by atoms with Crippen LogP contribution in [0, 0.1) is 5.41 Å². The number of carbonyl (C=O) groups excluding carboxylic acids is 1. The third-order valence-electron chi connectivity index (χ3n) is 3.53. The molecule has 1 heterocycles. The van der Waals surface area contributed by atoms with Crippen molar-refractivity contribution in [2.24, 2.45) is 5.41 Å². The Balaban J connectivity index is 1.87. The van der Waals surface area contributed by atoms with E-state index in [4.69, 9.17) is 0 Å². The molecule has 0 saturated heterocycles. The van der Waals surface area contributed by atoms with Crippen molar-refractivity contribution < 1.29 is 4.79 Å². The van der Waals surface area contributed by atoms with E-state index in [1.807, 2.05) is 17.9 Å². The van der Waals surface area contributed by atoms with E-state index in [0.717, 1.165) is 57.2 Å². The average molecular weight is 236 g/mol. The highest BCUT2D eigenvalue weighted by atomic mass is 16.1. The second kappa shape index (κ2) is 5.40. The SMILES string of the molecule is CNCCCn1cc(CC2(C=O)CCC2)nn1. The Labute approximate surface area is 102 Å². The lowest BCUT2D eigenvalue weighted by atomic mass is 9.67. The Hall–Kier alpha value is -1.23. The first-order chi connectivity index (χ1) is 8.28. The van der Waals surface area contributed by atoms with Gasteiger partial charge in [0, 0.05) is 24.6 Å². The molecule has 1 aliphatic rings. The fraction of sp³-hybridized carbons (Fsp3) is 0.750. The molecule has 0 unspecified atom stereocenters. The zero-order valence-electron chi connectivity index (χ0n) is 10.4. The van der Waals surface area contributed by atoms with Crippen molar-refractivity contribution in [3.8, 4) is 0 Å². The number of aromatic nitrogens is 3. The van der Waals surface area contributed by atoms with Crippen molar-refractivity contribution in [2.75, 3.05) is 13.6 Å². The van der Waals surface area contributed by atoms with Gasteiger partial charge >= 0.3 is 0 Å². The quantitative estimate of drug-likeness (QED) is 0.562. The normalized spacial score (nSPS) is 17.7. The molecule has 1 fully saturated rings. The number of hydrogen-bond acceptors (Lipinski definition) is 4.